The quantitative estimate of drug-likeness (QED) is 0.400. The van der Waals surface area contributed by atoms with E-state index < -0.39 is 0 Å². The highest BCUT2D eigenvalue weighted by Crippen LogP contribution is 2.36. The van der Waals surface area contributed by atoms with Crippen LogP contribution in [0.15, 0.2) is 36.7 Å². The van der Waals surface area contributed by atoms with Crippen LogP contribution < -0.4 is 21.5 Å². The smallest absolute Gasteiger partial charge is 0.270 e. The summed E-state index contributed by atoms with van der Waals surface area (Å²) < 4.78 is 5.91. The largest absolute Gasteiger partial charge is 0.473 e. The summed E-state index contributed by atoms with van der Waals surface area (Å²) in [6.07, 6.45) is 8.09. The summed E-state index contributed by atoms with van der Waals surface area (Å²) in [7, 11) is 0. The molecule has 1 unspecified atom stereocenters. The molecule has 0 radical (unpaired) electrons. The number of piperidine rings is 1. The summed E-state index contributed by atoms with van der Waals surface area (Å²) in [4.78, 5) is 29.8. The van der Waals surface area contributed by atoms with E-state index in [-0.39, 0.29) is 23.6 Å². The molecule has 1 atom stereocenters. The lowest BCUT2D eigenvalue weighted by molar-refractivity contribution is 0.0928. The first-order valence-corrected chi connectivity index (χ1v) is 13.4. The van der Waals surface area contributed by atoms with Gasteiger partial charge in [-0.15, -0.1) is 11.3 Å². The summed E-state index contributed by atoms with van der Waals surface area (Å²) in [6.45, 7) is 5.48. The lowest BCUT2D eigenvalue weighted by Gasteiger charge is -2.31. The highest BCUT2D eigenvalue weighted by Gasteiger charge is 2.30. The van der Waals surface area contributed by atoms with Gasteiger partial charge in [0, 0.05) is 30.4 Å². The van der Waals surface area contributed by atoms with E-state index in [4.69, 9.17) is 16.2 Å². The Hall–Kier alpha value is -3.24. The number of amides is 1. The van der Waals surface area contributed by atoms with Gasteiger partial charge in [0.1, 0.15) is 22.5 Å². The predicted octanol–water partition coefficient (Wildman–Crippen LogP) is 3.58. The molecule has 2 aliphatic rings. The van der Waals surface area contributed by atoms with Crippen LogP contribution in [0.2, 0.25) is 0 Å². The van der Waals surface area contributed by atoms with Gasteiger partial charge < -0.3 is 21.5 Å². The van der Waals surface area contributed by atoms with Gasteiger partial charge in [-0.3, -0.25) is 14.7 Å². The Labute approximate surface area is 215 Å². The van der Waals surface area contributed by atoms with Crippen LogP contribution >= 0.6 is 11.3 Å². The van der Waals surface area contributed by atoms with Crippen LogP contribution in [-0.2, 0) is 6.54 Å². The summed E-state index contributed by atoms with van der Waals surface area (Å²) in [5.41, 5.74) is 13.9. The van der Waals surface area contributed by atoms with E-state index in [0.29, 0.717) is 29.8 Å². The van der Waals surface area contributed by atoms with Gasteiger partial charge in [0.05, 0.1) is 11.4 Å². The van der Waals surface area contributed by atoms with Gasteiger partial charge in [-0.1, -0.05) is 6.07 Å². The third kappa shape index (κ3) is 5.93. The number of aromatic nitrogens is 3. The summed E-state index contributed by atoms with van der Waals surface area (Å²) in [5.74, 6) is 0.948. The number of nitrogens with two attached hydrogens (primary N) is 2. The maximum Gasteiger partial charge on any atom is 0.270 e. The molecule has 1 saturated heterocycles. The van der Waals surface area contributed by atoms with Crippen molar-refractivity contribution in [3.8, 4) is 16.6 Å². The van der Waals surface area contributed by atoms with Gasteiger partial charge in [0.15, 0.2) is 0 Å². The van der Waals surface area contributed by atoms with Gasteiger partial charge in [0.25, 0.3) is 5.91 Å². The first-order chi connectivity index (χ1) is 17.5. The van der Waals surface area contributed by atoms with Crippen LogP contribution in [0.5, 0.6) is 5.88 Å². The first kappa shape index (κ1) is 24.5. The molecule has 3 aromatic heterocycles. The van der Waals surface area contributed by atoms with Crippen LogP contribution in [0, 0.1) is 11.8 Å². The van der Waals surface area contributed by atoms with Crippen LogP contribution in [0.25, 0.3) is 10.7 Å². The zero-order valence-electron chi connectivity index (χ0n) is 20.5. The Balaban J connectivity index is 1.09. The average Bonchev–Trinajstić information content (AvgIpc) is 3.65. The number of hydrogen-bond acceptors (Lipinski definition) is 9. The van der Waals surface area contributed by atoms with Crippen molar-refractivity contribution in [2.45, 2.75) is 45.3 Å². The minimum atomic E-state index is -0.250. The number of pyridine rings is 2. The molecule has 0 aromatic carbocycles. The Morgan fingerprint density at radius 2 is 2.03 bits per heavy atom. The maximum absolute atomic E-state index is 12.8. The fourth-order valence-electron chi connectivity index (χ4n) is 4.48. The van der Waals surface area contributed by atoms with Gasteiger partial charge in [-0.2, -0.15) is 0 Å². The van der Waals surface area contributed by atoms with Gasteiger partial charge >= 0.3 is 0 Å². The molecule has 5 rings (SSSR count). The number of ether oxygens (including phenoxy) is 1. The summed E-state index contributed by atoms with van der Waals surface area (Å²) in [6, 6.07) is 7.40. The number of carbonyl (C=O) groups is 1. The number of nitrogen functional groups attached to an aromatic ring is 2. The minimum Gasteiger partial charge on any atom is -0.473 e. The molecule has 4 heterocycles. The standard InChI is InChI=1S/C26H33N7O2S/c1-16(18-5-6-18)35-25-23(28)20(27)12-22(32-25)24(34)30-13-17-7-10-33(11-8-17)15-19-14-31-26(36-19)21-4-2-3-9-29-21/h2-4,9,12,14,16-18H,5-8,10-11,13,15,28H2,1H3,(H2,27,32)(H,30,34). The second-order valence-electron chi connectivity index (χ2n) is 9.75. The molecule has 10 heteroatoms. The number of nitrogens with zero attached hydrogens (tertiary/aromatic N) is 4. The Bertz CT molecular complexity index is 1190. The van der Waals surface area contributed by atoms with Crippen molar-refractivity contribution in [1.29, 1.82) is 0 Å². The molecular weight excluding hydrogens is 474 g/mol. The topological polar surface area (TPSA) is 132 Å². The molecule has 3 aromatic rings. The van der Waals surface area contributed by atoms with E-state index in [1.165, 1.54) is 10.9 Å². The SMILES string of the molecule is CC(Oc1nc(C(=O)NCC2CCN(Cc3cnc(-c4ccccn4)s3)CC2)cc(N)c1N)C1CC1. The predicted molar refractivity (Wildman–Crippen MR) is 142 cm³/mol. The normalized spacial score (nSPS) is 17.6. The summed E-state index contributed by atoms with van der Waals surface area (Å²) in [5, 5.41) is 3.98. The Morgan fingerprint density at radius 3 is 2.75 bits per heavy atom. The van der Waals surface area contributed by atoms with Crippen molar-refractivity contribution in [1.82, 2.24) is 25.2 Å². The number of thiazole rings is 1. The number of hydrogen-bond donors (Lipinski definition) is 3. The Kier molecular flexibility index (Phi) is 7.33. The monoisotopic (exact) mass is 507 g/mol. The highest BCUT2D eigenvalue weighted by atomic mass is 32.1. The van der Waals surface area contributed by atoms with Crippen LogP contribution in [0.4, 0.5) is 11.4 Å². The van der Waals surface area contributed by atoms with E-state index >= 15 is 0 Å². The molecule has 1 aliphatic heterocycles. The molecular formula is C26H33N7O2S. The number of nitrogens with one attached hydrogen (secondary N) is 1. The molecule has 2 fully saturated rings. The van der Waals surface area contributed by atoms with Crippen molar-refractivity contribution < 1.29 is 9.53 Å². The molecule has 5 N–H and O–H groups in total. The van der Waals surface area contributed by atoms with Gasteiger partial charge in [0.2, 0.25) is 5.88 Å². The number of rotatable bonds is 9. The average molecular weight is 508 g/mol. The third-order valence-electron chi connectivity index (χ3n) is 6.95. The maximum atomic E-state index is 12.8. The van der Waals surface area contributed by atoms with Crippen LogP contribution in [0.1, 0.15) is 48.0 Å². The lowest BCUT2D eigenvalue weighted by atomic mass is 9.96. The third-order valence-corrected chi connectivity index (χ3v) is 7.95. The lowest BCUT2D eigenvalue weighted by Crippen LogP contribution is -2.38. The van der Waals surface area contributed by atoms with Gasteiger partial charge in [-0.05, 0) is 75.7 Å². The van der Waals surface area contributed by atoms with Crippen LogP contribution in [-0.4, -0.2) is 51.5 Å². The van der Waals surface area contributed by atoms with E-state index in [0.717, 1.165) is 56.0 Å². The molecule has 190 valence electrons. The fraction of sp³-hybridized carbons (Fsp3) is 0.462. The molecule has 9 nitrogen and oxygen atoms in total. The fourth-order valence-corrected chi connectivity index (χ4v) is 5.41. The zero-order valence-corrected chi connectivity index (χ0v) is 21.3. The van der Waals surface area contributed by atoms with E-state index in [9.17, 15) is 4.79 Å². The minimum absolute atomic E-state index is 0.00856. The number of carbonyl (C=O) groups excluding carboxylic acids is 1. The van der Waals surface area contributed by atoms with E-state index in [2.05, 4.69) is 25.2 Å². The molecule has 1 aliphatic carbocycles. The molecule has 1 saturated carbocycles. The first-order valence-electron chi connectivity index (χ1n) is 12.6. The van der Waals surface area contributed by atoms with Crippen molar-refractivity contribution >= 4 is 28.6 Å². The second-order valence-corrected chi connectivity index (χ2v) is 10.9. The molecule has 0 bridgehead atoms. The van der Waals surface area contributed by atoms with Crippen molar-refractivity contribution in [2.75, 3.05) is 31.1 Å². The zero-order chi connectivity index (χ0) is 25.1. The van der Waals surface area contributed by atoms with Crippen molar-refractivity contribution in [2.24, 2.45) is 11.8 Å². The summed E-state index contributed by atoms with van der Waals surface area (Å²) >= 11 is 1.70. The molecule has 0 spiro atoms. The second kappa shape index (κ2) is 10.8. The van der Waals surface area contributed by atoms with Crippen molar-refractivity contribution in [3.63, 3.8) is 0 Å². The molecule has 1 amide bonds. The Morgan fingerprint density at radius 1 is 1.22 bits per heavy atom. The van der Waals surface area contributed by atoms with Crippen LogP contribution in [0.3, 0.4) is 0 Å². The van der Waals surface area contributed by atoms with E-state index in [1.54, 1.807) is 17.5 Å². The van der Waals surface area contributed by atoms with Gasteiger partial charge in [-0.25, -0.2) is 9.97 Å². The highest BCUT2D eigenvalue weighted by molar-refractivity contribution is 7.14. The number of anilines is 2. The van der Waals surface area contributed by atoms with E-state index in [1.807, 2.05) is 31.3 Å². The number of likely N-dealkylation sites (tertiary alicyclic amines) is 1. The molecule has 36 heavy (non-hydrogen) atoms. The van der Waals surface area contributed by atoms with Crippen molar-refractivity contribution in [3.05, 3.63) is 47.2 Å².